The first-order valence-corrected chi connectivity index (χ1v) is 9.36. The topological polar surface area (TPSA) is 55.4 Å². The fraction of sp³-hybridized carbons (Fsp3) is 0.333. The normalized spacial score (nSPS) is 17.5. The van der Waals surface area contributed by atoms with Crippen LogP contribution >= 0.6 is 0 Å². The Morgan fingerprint density at radius 1 is 1.25 bits per heavy atom. The Labute approximate surface area is 141 Å². The highest BCUT2D eigenvalue weighted by Crippen LogP contribution is 2.31. The molecule has 0 saturated heterocycles. The van der Waals surface area contributed by atoms with E-state index < -0.39 is 10.0 Å². The number of rotatable bonds is 5. The van der Waals surface area contributed by atoms with Gasteiger partial charge in [0.2, 0.25) is 10.0 Å². The molecule has 3 rings (SSSR count). The molecule has 128 valence electrons. The zero-order chi connectivity index (χ0) is 17.2. The van der Waals surface area contributed by atoms with Crippen molar-refractivity contribution in [2.24, 2.45) is 0 Å². The number of halogens is 1. The van der Waals surface area contributed by atoms with E-state index in [0.717, 1.165) is 29.5 Å². The van der Waals surface area contributed by atoms with Crippen LogP contribution < -0.4 is 4.72 Å². The number of sulfonamides is 1. The molecule has 0 heterocycles. The Balaban J connectivity index is 1.87. The number of hydrogen-bond acceptors (Lipinski definition) is 3. The van der Waals surface area contributed by atoms with Gasteiger partial charge in [0.05, 0.1) is 11.5 Å². The van der Waals surface area contributed by atoms with Crippen LogP contribution in [-0.2, 0) is 27.8 Å². The lowest BCUT2D eigenvalue weighted by molar-refractivity contribution is 0.184. The van der Waals surface area contributed by atoms with Gasteiger partial charge in [0, 0.05) is 13.2 Å². The maximum absolute atomic E-state index is 13.4. The van der Waals surface area contributed by atoms with Gasteiger partial charge in [-0.15, -0.1) is 0 Å². The molecule has 0 saturated carbocycles. The van der Waals surface area contributed by atoms with E-state index in [-0.39, 0.29) is 16.8 Å². The van der Waals surface area contributed by atoms with E-state index >= 15 is 0 Å². The van der Waals surface area contributed by atoms with Gasteiger partial charge in [-0.25, -0.2) is 17.5 Å². The second kappa shape index (κ2) is 7.01. The van der Waals surface area contributed by atoms with Gasteiger partial charge < -0.3 is 4.74 Å². The number of benzene rings is 2. The maximum Gasteiger partial charge on any atom is 0.241 e. The number of hydrogen-bond donors (Lipinski definition) is 1. The van der Waals surface area contributed by atoms with Crippen LogP contribution in [0.15, 0.2) is 47.4 Å². The Bertz CT molecular complexity index is 836. The molecule has 0 aromatic heterocycles. The van der Waals surface area contributed by atoms with Gasteiger partial charge in [-0.3, -0.25) is 0 Å². The molecule has 6 heteroatoms. The van der Waals surface area contributed by atoms with Gasteiger partial charge in [0.25, 0.3) is 0 Å². The van der Waals surface area contributed by atoms with Gasteiger partial charge in [0.15, 0.2) is 0 Å². The van der Waals surface area contributed by atoms with Gasteiger partial charge in [-0.1, -0.05) is 18.2 Å². The number of aryl methyl sites for hydroxylation is 1. The fourth-order valence-electron chi connectivity index (χ4n) is 3.13. The van der Waals surface area contributed by atoms with Crippen molar-refractivity contribution in [3.63, 3.8) is 0 Å². The molecule has 1 aliphatic rings. The third kappa shape index (κ3) is 3.66. The zero-order valence-corrected chi connectivity index (χ0v) is 14.3. The first-order chi connectivity index (χ1) is 11.5. The summed E-state index contributed by atoms with van der Waals surface area (Å²) in [5, 5.41) is 0. The summed E-state index contributed by atoms with van der Waals surface area (Å²) >= 11 is 0. The first-order valence-electron chi connectivity index (χ1n) is 7.88. The van der Waals surface area contributed by atoms with Crippen LogP contribution in [0.3, 0.4) is 0 Å². The smallest absolute Gasteiger partial charge is 0.241 e. The van der Waals surface area contributed by atoms with Crippen molar-refractivity contribution >= 4 is 10.0 Å². The van der Waals surface area contributed by atoms with Crippen molar-refractivity contribution in [3.05, 3.63) is 65.0 Å². The molecule has 0 aliphatic heterocycles. The van der Waals surface area contributed by atoms with E-state index in [0.29, 0.717) is 13.0 Å². The van der Waals surface area contributed by atoms with E-state index in [1.165, 1.54) is 12.1 Å². The predicted octanol–water partition coefficient (Wildman–Crippen LogP) is 3.33. The molecule has 0 bridgehead atoms. The van der Waals surface area contributed by atoms with Crippen LogP contribution in [-0.4, -0.2) is 15.5 Å². The lowest BCUT2D eigenvalue weighted by Crippen LogP contribution is -2.31. The van der Waals surface area contributed by atoms with Crippen LogP contribution in [0.25, 0.3) is 0 Å². The van der Waals surface area contributed by atoms with Crippen molar-refractivity contribution < 1.29 is 17.5 Å². The van der Waals surface area contributed by atoms with Gasteiger partial charge >= 0.3 is 0 Å². The summed E-state index contributed by atoms with van der Waals surface area (Å²) in [7, 11) is -2.09. The number of methoxy groups -OCH3 is 1. The minimum absolute atomic E-state index is 0.214. The molecule has 4 nitrogen and oxygen atoms in total. The SMILES string of the molecule is COCc1cccc(S(=O)(=O)NC2CCCc3cc(F)ccc32)c1. The molecule has 2 aromatic carbocycles. The minimum atomic E-state index is -3.65. The number of nitrogens with one attached hydrogen (secondary N) is 1. The third-order valence-electron chi connectivity index (χ3n) is 4.24. The summed E-state index contributed by atoms with van der Waals surface area (Å²) in [4.78, 5) is 0.214. The van der Waals surface area contributed by atoms with Crippen LogP contribution in [0.4, 0.5) is 4.39 Å². The molecule has 1 unspecified atom stereocenters. The molecule has 2 aromatic rings. The summed E-state index contributed by atoms with van der Waals surface area (Å²) in [5.41, 5.74) is 2.54. The Morgan fingerprint density at radius 2 is 2.08 bits per heavy atom. The first kappa shape index (κ1) is 17.1. The average molecular weight is 349 g/mol. The Hall–Kier alpha value is -1.76. The summed E-state index contributed by atoms with van der Waals surface area (Å²) in [6.45, 7) is 0.356. The summed E-state index contributed by atoms with van der Waals surface area (Å²) in [5.74, 6) is -0.287. The highest BCUT2D eigenvalue weighted by molar-refractivity contribution is 7.89. The van der Waals surface area contributed by atoms with Crippen LogP contribution in [0.2, 0.25) is 0 Å². The second-order valence-corrected chi connectivity index (χ2v) is 7.70. The highest BCUT2D eigenvalue weighted by Gasteiger charge is 2.26. The van der Waals surface area contributed by atoms with Crippen molar-refractivity contribution in [2.45, 2.75) is 36.8 Å². The Kier molecular flexibility index (Phi) is 4.99. The van der Waals surface area contributed by atoms with E-state index in [1.54, 1.807) is 31.4 Å². The second-order valence-electron chi connectivity index (χ2n) is 5.99. The molecule has 24 heavy (non-hydrogen) atoms. The largest absolute Gasteiger partial charge is 0.380 e. The van der Waals surface area contributed by atoms with Crippen molar-refractivity contribution in [3.8, 4) is 0 Å². The van der Waals surface area contributed by atoms with Crippen LogP contribution in [0.5, 0.6) is 0 Å². The van der Waals surface area contributed by atoms with Gasteiger partial charge in [-0.05, 0) is 60.2 Å². The molecule has 1 aliphatic carbocycles. The molecule has 1 N–H and O–H groups in total. The lowest BCUT2D eigenvalue weighted by Gasteiger charge is -2.26. The highest BCUT2D eigenvalue weighted by atomic mass is 32.2. The molecule has 0 spiro atoms. The standard InChI is InChI=1S/C18H20FNO3S/c1-23-12-13-4-2-6-16(10-13)24(21,22)20-18-7-3-5-14-11-15(19)8-9-17(14)18/h2,4,6,8-11,18,20H,3,5,7,12H2,1H3. The fourth-order valence-corrected chi connectivity index (χ4v) is 4.45. The third-order valence-corrected chi connectivity index (χ3v) is 5.71. The van der Waals surface area contributed by atoms with E-state index in [9.17, 15) is 12.8 Å². The van der Waals surface area contributed by atoms with Crippen LogP contribution in [0, 0.1) is 5.82 Å². The minimum Gasteiger partial charge on any atom is -0.380 e. The molecule has 0 fully saturated rings. The van der Waals surface area contributed by atoms with E-state index in [1.807, 2.05) is 6.07 Å². The molecule has 1 atom stereocenters. The van der Waals surface area contributed by atoms with Crippen molar-refractivity contribution in [1.82, 2.24) is 4.72 Å². The zero-order valence-electron chi connectivity index (χ0n) is 13.5. The van der Waals surface area contributed by atoms with Gasteiger partial charge in [0.1, 0.15) is 5.82 Å². The molecular weight excluding hydrogens is 329 g/mol. The molecule has 0 amide bonds. The maximum atomic E-state index is 13.4. The number of ether oxygens (including phenoxy) is 1. The van der Waals surface area contributed by atoms with Crippen LogP contribution in [0.1, 0.15) is 35.6 Å². The summed E-state index contributed by atoms with van der Waals surface area (Å²) < 4.78 is 46.6. The van der Waals surface area contributed by atoms with E-state index in [2.05, 4.69) is 4.72 Å². The van der Waals surface area contributed by atoms with Crippen molar-refractivity contribution in [1.29, 1.82) is 0 Å². The average Bonchev–Trinajstić information content (AvgIpc) is 2.55. The monoisotopic (exact) mass is 349 g/mol. The van der Waals surface area contributed by atoms with Gasteiger partial charge in [-0.2, -0.15) is 0 Å². The molecule has 0 radical (unpaired) electrons. The quantitative estimate of drug-likeness (QED) is 0.901. The Morgan fingerprint density at radius 3 is 2.88 bits per heavy atom. The number of fused-ring (bicyclic) bond motifs is 1. The van der Waals surface area contributed by atoms with E-state index in [4.69, 9.17) is 4.74 Å². The lowest BCUT2D eigenvalue weighted by atomic mass is 9.88. The summed E-state index contributed by atoms with van der Waals surface area (Å²) in [6.07, 6.45) is 2.30. The van der Waals surface area contributed by atoms with Crippen molar-refractivity contribution in [2.75, 3.05) is 7.11 Å². The summed E-state index contributed by atoms with van der Waals surface area (Å²) in [6, 6.07) is 10.9. The molecular formula is C18H20FNO3S. The predicted molar refractivity (Wildman–Crippen MR) is 89.6 cm³/mol.